The van der Waals surface area contributed by atoms with Crippen molar-refractivity contribution in [2.45, 2.75) is 20.0 Å². The lowest BCUT2D eigenvalue weighted by Crippen LogP contribution is -2.14. The number of ether oxygens (including phenoxy) is 1. The van der Waals surface area contributed by atoms with Crippen LogP contribution in [0.15, 0.2) is 16.7 Å². The number of nitro groups is 1. The van der Waals surface area contributed by atoms with Crippen LogP contribution in [-0.4, -0.2) is 29.2 Å². The highest BCUT2D eigenvalue weighted by atomic mass is 79.9. The summed E-state index contributed by atoms with van der Waals surface area (Å²) in [5.41, 5.74) is -0.0409. The molecule has 94 valence electrons. The molecule has 1 heterocycles. The van der Waals surface area contributed by atoms with E-state index in [1.54, 1.807) is 0 Å². The van der Waals surface area contributed by atoms with Crippen molar-refractivity contribution in [3.63, 3.8) is 0 Å². The van der Waals surface area contributed by atoms with Gasteiger partial charge in [-0.2, -0.15) is 0 Å². The van der Waals surface area contributed by atoms with Gasteiger partial charge in [-0.15, -0.1) is 0 Å². The molecule has 0 spiro atoms. The maximum Gasteiger partial charge on any atom is 0.288 e. The summed E-state index contributed by atoms with van der Waals surface area (Å²) in [7, 11) is 0. The summed E-state index contributed by atoms with van der Waals surface area (Å²) in [4.78, 5) is 14.0. The van der Waals surface area contributed by atoms with Crippen LogP contribution in [0.3, 0.4) is 0 Å². The minimum atomic E-state index is -0.483. The van der Waals surface area contributed by atoms with Gasteiger partial charge in [-0.1, -0.05) is 0 Å². The zero-order chi connectivity index (χ0) is 12.8. The monoisotopic (exact) mass is 303 g/mol. The molecule has 0 saturated carbocycles. The first kappa shape index (κ1) is 13.9. The Morgan fingerprint density at radius 2 is 2.35 bits per heavy atom. The van der Waals surface area contributed by atoms with Crippen molar-refractivity contribution >= 4 is 27.4 Å². The second-order valence-electron chi connectivity index (χ2n) is 3.63. The number of aromatic nitrogens is 1. The Balaban J connectivity index is 2.52. The van der Waals surface area contributed by atoms with Crippen LogP contribution in [0.5, 0.6) is 0 Å². The lowest BCUT2D eigenvalue weighted by Gasteiger charge is -2.09. The van der Waals surface area contributed by atoms with Gasteiger partial charge >= 0.3 is 0 Å². The largest absolute Gasteiger partial charge is 0.377 e. The Kier molecular flexibility index (Phi) is 5.30. The molecule has 1 rings (SSSR count). The molecule has 6 nitrogen and oxygen atoms in total. The summed E-state index contributed by atoms with van der Waals surface area (Å²) in [6.07, 6.45) is 1.40. The molecule has 1 aromatic rings. The van der Waals surface area contributed by atoms with Crippen molar-refractivity contribution in [3.05, 3.63) is 26.9 Å². The molecule has 0 bridgehead atoms. The Morgan fingerprint density at radius 1 is 1.65 bits per heavy atom. The first-order chi connectivity index (χ1) is 8.00. The van der Waals surface area contributed by atoms with Crippen molar-refractivity contribution in [2.24, 2.45) is 0 Å². The predicted octanol–water partition coefficient (Wildman–Crippen LogP) is 2.59. The van der Waals surface area contributed by atoms with E-state index in [1.165, 1.54) is 12.3 Å². The van der Waals surface area contributed by atoms with Gasteiger partial charge in [0.1, 0.15) is 12.0 Å². The molecule has 0 atom stereocenters. The molecule has 0 aliphatic carbocycles. The topological polar surface area (TPSA) is 77.3 Å². The highest BCUT2D eigenvalue weighted by molar-refractivity contribution is 9.10. The lowest BCUT2D eigenvalue weighted by molar-refractivity contribution is -0.385. The summed E-state index contributed by atoms with van der Waals surface area (Å²) in [5, 5.41) is 13.5. The number of pyridine rings is 1. The van der Waals surface area contributed by atoms with Gasteiger partial charge in [-0.05, 0) is 29.8 Å². The van der Waals surface area contributed by atoms with Gasteiger partial charge < -0.3 is 10.1 Å². The third-order valence-electron chi connectivity index (χ3n) is 1.88. The van der Waals surface area contributed by atoms with Crippen LogP contribution in [0.4, 0.5) is 11.5 Å². The van der Waals surface area contributed by atoms with E-state index in [1.807, 2.05) is 13.8 Å². The molecule has 1 N–H and O–H groups in total. The number of nitrogens with one attached hydrogen (secondary N) is 1. The van der Waals surface area contributed by atoms with Gasteiger partial charge in [-0.25, -0.2) is 4.98 Å². The highest BCUT2D eigenvalue weighted by Crippen LogP contribution is 2.24. The van der Waals surface area contributed by atoms with Crippen molar-refractivity contribution in [3.8, 4) is 0 Å². The minimum Gasteiger partial charge on any atom is -0.377 e. The van der Waals surface area contributed by atoms with Crippen molar-refractivity contribution in [1.82, 2.24) is 4.98 Å². The summed E-state index contributed by atoms with van der Waals surface area (Å²) >= 11 is 3.23. The van der Waals surface area contributed by atoms with E-state index in [0.717, 1.165) is 0 Å². The maximum atomic E-state index is 10.5. The smallest absolute Gasteiger partial charge is 0.288 e. The molecule has 0 radical (unpaired) electrons. The molecular weight excluding hydrogens is 290 g/mol. The number of halogens is 1. The SMILES string of the molecule is CC(C)OCCNc1ncc([N+](=O)[O-])cc1Br. The normalized spacial score (nSPS) is 10.6. The molecule has 0 aliphatic rings. The lowest BCUT2D eigenvalue weighted by atomic mass is 10.4. The molecule has 17 heavy (non-hydrogen) atoms. The van der Waals surface area contributed by atoms with E-state index in [9.17, 15) is 10.1 Å². The van der Waals surface area contributed by atoms with E-state index in [4.69, 9.17) is 4.74 Å². The Morgan fingerprint density at radius 3 is 2.88 bits per heavy atom. The first-order valence-corrected chi connectivity index (χ1v) is 5.95. The van der Waals surface area contributed by atoms with Crippen LogP contribution < -0.4 is 5.32 Å². The summed E-state index contributed by atoms with van der Waals surface area (Å²) in [6, 6.07) is 1.42. The van der Waals surface area contributed by atoms with Crippen LogP contribution >= 0.6 is 15.9 Å². The number of hydrogen-bond acceptors (Lipinski definition) is 5. The Bertz CT molecular complexity index is 398. The molecule has 0 amide bonds. The quantitative estimate of drug-likeness (QED) is 0.496. The highest BCUT2D eigenvalue weighted by Gasteiger charge is 2.09. The first-order valence-electron chi connectivity index (χ1n) is 5.16. The summed E-state index contributed by atoms with van der Waals surface area (Å²) in [5.74, 6) is 0.572. The number of rotatable bonds is 6. The molecular formula is C10H14BrN3O3. The van der Waals surface area contributed by atoms with Gasteiger partial charge in [0.05, 0.1) is 22.1 Å². The second-order valence-corrected chi connectivity index (χ2v) is 4.48. The van der Waals surface area contributed by atoms with Crippen LogP contribution in [0.1, 0.15) is 13.8 Å². The summed E-state index contributed by atoms with van der Waals surface area (Å²) in [6.45, 7) is 5.07. The molecule has 0 fully saturated rings. The number of anilines is 1. The molecule has 0 aliphatic heterocycles. The second kappa shape index (κ2) is 6.51. The standard InChI is InChI=1S/C10H14BrN3O3/c1-7(2)17-4-3-12-10-9(11)5-8(6-13-10)14(15)16/h5-7H,3-4H2,1-2H3,(H,12,13). The van der Waals surface area contributed by atoms with Crippen LogP contribution in [-0.2, 0) is 4.74 Å². The third-order valence-corrected chi connectivity index (χ3v) is 2.49. The van der Waals surface area contributed by atoms with E-state index in [2.05, 4.69) is 26.2 Å². The fourth-order valence-electron chi connectivity index (χ4n) is 1.12. The van der Waals surface area contributed by atoms with Gasteiger partial charge in [0.15, 0.2) is 0 Å². The molecule has 0 aromatic carbocycles. The van der Waals surface area contributed by atoms with Gasteiger partial charge in [0, 0.05) is 12.6 Å². The zero-order valence-electron chi connectivity index (χ0n) is 9.64. The summed E-state index contributed by atoms with van der Waals surface area (Å²) < 4.78 is 5.92. The van der Waals surface area contributed by atoms with Gasteiger partial charge in [-0.3, -0.25) is 10.1 Å². The molecule has 0 unspecified atom stereocenters. The van der Waals surface area contributed by atoms with Crippen molar-refractivity contribution in [1.29, 1.82) is 0 Å². The molecule has 1 aromatic heterocycles. The van der Waals surface area contributed by atoms with Crippen molar-refractivity contribution in [2.75, 3.05) is 18.5 Å². The van der Waals surface area contributed by atoms with E-state index in [0.29, 0.717) is 23.4 Å². The molecule has 7 heteroatoms. The third kappa shape index (κ3) is 4.66. The van der Waals surface area contributed by atoms with E-state index < -0.39 is 4.92 Å². The van der Waals surface area contributed by atoms with Crippen molar-refractivity contribution < 1.29 is 9.66 Å². The van der Waals surface area contributed by atoms with E-state index >= 15 is 0 Å². The Labute approximate surface area is 108 Å². The minimum absolute atomic E-state index is 0.0409. The number of nitrogens with zero attached hydrogens (tertiary/aromatic N) is 2. The predicted molar refractivity (Wildman–Crippen MR) is 68.2 cm³/mol. The van der Waals surface area contributed by atoms with Crippen LogP contribution in [0.2, 0.25) is 0 Å². The van der Waals surface area contributed by atoms with Crippen LogP contribution in [0, 0.1) is 10.1 Å². The van der Waals surface area contributed by atoms with Gasteiger partial charge in [0.2, 0.25) is 0 Å². The fourth-order valence-corrected chi connectivity index (χ4v) is 1.60. The average molecular weight is 304 g/mol. The fraction of sp³-hybridized carbons (Fsp3) is 0.500. The number of hydrogen-bond donors (Lipinski definition) is 1. The van der Waals surface area contributed by atoms with E-state index in [-0.39, 0.29) is 11.8 Å². The zero-order valence-corrected chi connectivity index (χ0v) is 11.2. The van der Waals surface area contributed by atoms with Crippen LogP contribution in [0.25, 0.3) is 0 Å². The maximum absolute atomic E-state index is 10.5. The molecule has 0 saturated heterocycles. The van der Waals surface area contributed by atoms with Gasteiger partial charge in [0.25, 0.3) is 5.69 Å². The Hall–Kier alpha value is -1.21. The average Bonchev–Trinajstić information content (AvgIpc) is 2.25.